The minimum absolute atomic E-state index is 0.0625. The first-order valence-electron chi connectivity index (χ1n) is 5.01. The van der Waals surface area contributed by atoms with Crippen LogP contribution in [0.1, 0.15) is 15.9 Å². The average Bonchev–Trinajstić information content (AvgIpc) is 2.33. The van der Waals surface area contributed by atoms with Gasteiger partial charge in [-0.3, -0.25) is 4.79 Å². The topological polar surface area (TPSA) is 57.5 Å². The molecule has 3 nitrogen and oxygen atoms in total. The second-order valence-corrected chi connectivity index (χ2v) is 4.07. The summed E-state index contributed by atoms with van der Waals surface area (Å²) in [5.41, 5.74) is -0.00421. The number of hydrogen-bond donors (Lipinski definition) is 2. The summed E-state index contributed by atoms with van der Waals surface area (Å²) in [6.07, 6.45) is 0. The van der Waals surface area contributed by atoms with Crippen molar-refractivity contribution in [3.05, 3.63) is 58.4 Å². The highest BCUT2D eigenvalue weighted by Crippen LogP contribution is 2.32. The molecule has 0 aliphatic carbocycles. The molecule has 0 radical (unpaired) electrons. The zero-order valence-corrected chi connectivity index (χ0v) is 9.78. The summed E-state index contributed by atoms with van der Waals surface area (Å²) in [5.74, 6) is -1.87. The lowest BCUT2D eigenvalue weighted by molar-refractivity contribution is 0.103. The molecule has 0 amide bonds. The van der Waals surface area contributed by atoms with E-state index in [0.29, 0.717) is 0 Å². The van der Waals surface area contributed by atoms with E-state index in [1.54, 1.807) is 0 Å². The van der Waals surface area contributed by atoms with E-state index in [1.165, 1.54) is 18.2 Å². The summed E-state index contributed by atoms with van der Waals surface area (Å²) < 4.78 is 13.0. The first kappa shape index (κ1) is 12.4. The Bertz CT molecular complexity index is 626. The number of benzene rings is 2. The van der Waals surface area contributed by atoms with Crippen LogP contribution in [0.2, 0.25) is 5.02 Å². The van der Waals surface area contributed by atoms with Crippen LogP contribution in [0.15, 0.2) is 36.4 Å². The second-order valence-electron chi connectivity index (χ2n) is 3.66. The quantitative estimate of drug-likeness (QED) is 0.821. The number of phenolic OH excluding ortho intramolecular Hbond substituents is 2. The van der Waals surface area contributed by atoms with Crippen molar-refractivity contribution in [1.82, 2.24) is 0 Å². The molecular formula is C13H8ClFO3. The van der Waals surface area contributed by atoms with Crippen molar-refractivity contribution in [1.29, 1.82) is 0 Å². The molecule has 0 aliphatic rings. The van der Waals surface area contributed by atoms with Gasteiger partial charge in [-0.15, -0.1) is 0 Å². The van der Waals surface area contributed by atoms with E-state index in [1.807, 2.05) is 0 Å². The summed E-state index contributed by atoms with van der Waals surface area (Å²) in [7, 11) is 0. The molecule has 0 atom stereocenters. The second kappa shape index (κ2) is 4.66. The lowest BCUT2D eigenvalue weighted by atomic mass is 10.0. The number of aromatic hydroxyl groups is 2. The number of hydrogen-bond acceptors (Lipinski definition) is 3. The smallest absolute Gasteiger partial charge is 0.196 e. The van der Waals surface area contributed by atoms with Gasteiger partial charge in [-0.05, 0) is 18.2 Å². The van der Waals surface area contributed by atoms with Gasteiger partial charge in [0.15, 0.2) is 5.78 Å². The zero-order valence-electron chi connectivity index (χ0n) is 9.02. The van der Waals surface area contributed by atoms with E-state index >= 15 is 0 Å². The van der Waals surface area contributed by atoms with Crippen LogP contribution in [-0.2, 0) is 0 Å². The number of phenols is 2. The number of rotatable bonds is 2. The SMILES string of the molecule is O=C(c1cccc(F)c1)c1cc(Cl)c(O)cc1O. The van der Waals surface area contributed by atoms with E-state index < -0.39 is 17.3 Å². The molecule has 0 saturated carbocycles. The van der Waals surface area contributed by atoms with Gasteiger partial charge in [0, 0.05) is 11.6 Å². The predicted octanol–water partition coefficient (Wildman–Crippen LogP) is 3.12. The van der Waals surface area contributed by atoms with E-state index in [4.69, 9.17) is 11.6 Å². The van der Waals surface area contributed by atoms with E-state index in [-0.39, 0.29) is 21.9 Å². The Labute approximate surface area is 107 Å². The van der Waals surface area contributed by atoms with Gasteiger partial charge < -0.3 is 10.2 Å². The van der Waals surface area contributed by atoms with Crippen LogP contribution in [0, 0.1) is 5.82 Å². The molecule has 2 aromatic carbocycles. The maximum Gasteiger partial charge on any atom is 0.196 e. The van der Waals surface area contributed by atoms with Gasteiger partial charge in [-0.2, -0.15) is 0 Å². The summed E-state index contributed by atoms with van der Waals surface area (Å²) in [5, 5.41) is 18.8. The molecule has 0 bridgehead atoms. The third-order valence-electron chi connectivity index (χ3n) is 2.40. The zero-order chi connectivity index (χ0) is 13.3. The summed E-state index contributed by atoms with van der Waals surface area (Å²) in [4.78, 5) is 12.0. The number of carbonyl (C=O) groups excluding carboxylic acids is 1. The minimum atomic E-state index is -0.575. The molecular weight excluding hydrogens is 259 g/mol. The fourth-order valence-corrected chi connectivity index (χ4v) is 1.68. The Balaban J connectivity index is 2.49. The molecule has 2 aromatic rings. The largest absolute Gasteiger partial charge is 0.507 e. The Hall–Kier alpha value is -2.07. The van der Waals surface area contributed by atoms with Gasteiger partial charge in [-0.1, -0.05) is 23.7 Å². The summed E-state index contributed by atoms with van der Waals surface area (Å²) in [6, 6.07) is 7.19. The molecule has 5 heteroatoms. The molecule has 0 fully saturated rings. The highest BCUT2D eigenvalue weighted by atomic mass is 35.5. The highest BCUT2D eigenvalue weighted by molar-refractivity contribution is 6.32. The first-order valence-corrected chi connectivity index (χ1v) is 5.38. The first-order chi connectivity index (χ1) is 8.49. The Kier molecular flexibility index (Phi) is 3.21. The lowest BCUT2D eigenvalue weighted by Crippen LogP contribution is -2.02. The Morgan fingerprint density at radius 2 is 1.83 bits per heavy atom. The number of ketones is 1. The van der Waals surface area contributed by atoms with Crippen LogP contribution in [0.25, 0.3) is 0 Å². The monoisotopic (exact) mass is 266 g/mol. The Morgan fingerprint density at radius 1 is 1.11 bits per heavy atom. The standard InChI is InChI=1S/C13H8ClFO3/c14-10-5-9(11(16)6-12(10)17)13(18)7-2-1-3-8(15)4-7/h1-6,16-17H. The minimum Gasteiger partial charge on any atom is -0.507 e. The molecule has 0 unspecified atom stereocenters. The van der Waals surface area contributed by atoms with Crippen LogP contribution in [0.4, 0.5) is 4.39 Å². The maximum atomic E-state index is 13.0. The fourth-order valence-electron chi connectivity index (χ4n) is 1.52. The van der Waals surface area contributed by atoms with Crippen LogP contribution in [-0.4, -0.2) is 16.0 Å². The van der Waals surface area contributed by atoms with Crippen molar-refractivity contribution in [2.24, 2.45) is 0 Å². The Morgan fingerprint density at radius 3 is 2.50 bits per heavy atom. The van der Waals surface area contributed by atoms with Crippen molar-refractivity contribution in [2.75, 3.05) is 0 Å². The third-order valence-corrected chi connectivity index (χ3v) is 2.70. The summed E-state index contributed by atoms with van der Waals surface area (Å²) >= 11 is 5.66. The molecule has 92 valence electrons. The molecule has 0 spiro atoms. The van der Waals surface area contributed by atoms with Gasteiger partial charge in [0.25, 0.3) is 0 Å². The maximum absolute atomic E-state index is 13.0. The number of halogens is 2. The fraction of sp³-hybridized carbons (Fsp3) is 0. The van der Waals surface area contributed by atoms with Gasteiger partial charge in [-0.25, -0.2) is 4.39 Å². The third kappa shape index (κ3) is 2.28. The van der Waals surface area contributed by atoms with E-state index in [0.717, 1.165) is 18.2 Å². The van der Waals surface area contributed by atoms with Crippen LogP contribution in [0.5, 0.6) is 11.5 Å². The molecule has 18 heavy (non-hydrogen) atoms. The molecule has 2 N–H and O–H groups in total. The normalized spacial score (nSPS) is 10.3. The van der Waals surface area contributed by atoms with Gasteiger partial charge in [0.2, 0.25) is 0 Å². The average molecular weight is 267 g/mol. The predicted molar refractivity (Wildman–Crippen MR) is 64.6 cm³/mol. The molecule has 0 aromatic heterocycles. The van der Waals surface area contributed by atoms with Crippen molar-refractivity contribution >= 4 is 17.4 Å². The van der Waals surface area contributed by atoms with Crippen molar-refractivity contribution in [3.8, 4) is 11.5 Å². The molecule has 0 heterocycles. The van der Waals surface area contributed by atoms with Crippen LogP contribution in [0.3, 0.4) is 0 Å². The highest BCUT2D eigenvalue weighted by Gasteiger charge is 2.16. The lowest BCUT2D eigenvalue weighted by Gasteiger charge is -2.06. The van der Waals surface area contributed by atoms with E-state index in [2.05, 4.69) is 0 Å². The van der Waals surface area contributed by atoms with Crippen molar-refractivity contribution in [3.63, 3.8) is 0 Å². The van der Waals surface area contributed by atoms with Crippen LogP contribution < -0.4 is 0 Å². The van der Waals surface area contributed by atoms with Crippen molar-refractivity contribution in [2.45, 2.75) is 0 Å². The van der Waals surface area contributed by atoms with Crippen LogP contribution >= 0.6 is 11.6 Å². The summed E-state index contributed by atoms with van der Waals surface area (Å²) in [6.45, 7) is 0. The molecule has 0 aliphatic heterocycles. The van der Waals surface area contributed by atoms with E-state index in [9.17, 15) is 19.4 Å². The molecule has 2 rings (SSSR count). The van der Waals surface area contributed by atoms with Gasteiger partial charge >= 0.3 is 0 Å². The van der Waals surface area contributed by atoms with Gasteiger partial charge in [0.1, 0.15) is 17.3 Å². The van der Waals surface area contributed by atoms with Gasteiger partial charge in [0.05, 0.1) is 10.6 Å². The number of carbonyl (C=O) groups is 1. The van der Waals surface area contributed by atoms with Crippen molar-refractivity contribution < 1.29 is 19.4 Å². The molecule has 0 saturated heterocycles.